The predicted molar refractivity (Wildman–Crippen MR) is 91.3 cm³/mol. The Morgan fingerprint density at radius 2 is 2.05 bits per heavy atom. The Balaban J connectivity index is 1.37. The van der Waals surface area contributed by atoms with Crippen LogP contribution in [0.15, 0.2) is 42.5 Å². The zero-order chi connectivity index (χ0) is 14.5. The van der Waals surface area contributed by atoms with Crippen molar-refractivity contribution in [3.8, 4) is 0 Å². The van der Waals surface area contributed by atoms with E-state index in [-0.39, 0.29) is 0 Å². The van der Waals surface area contributed by atoms with E-state index < -0.39 is 0 Å². The Labute approximate surface area is 135 Å². The minimum absolute atomic E-state index is 0.710. The van der Waals surface area contributed by atoms with Crippen molar-refractivity contribution in [2.24, 2.45) is 0 Å². The van der Waals surface area contributed by atoms with Gasteiger partial charge >= 0.3 is 0 Å². The van der Waals surface area contributed by atoms with Gasteiger partial charge in [0.2, 0.25) is 0 Å². The van der Waals surface area contributed by atoms with E-state index in [9.17, 15) is 0 Å². The molecule has 1 unspecified atom stereocenters. The van der Waals surface area contributed by atoms with Gasteiger partial charge in [-0.3, -0.25) is 0 Å². The molecule has 1 N–H and O–H groups in total. The first-order valence-electron chi connectivity index (χ1n) is 7.53. The molecule has 1 aliphatic rings. The minimum atomic E-state index is 0.710. The Kier molecular flexibility index (Phi) is 5.31. The summed E-state index contributed by atoms with van der Waals surface area (Å²) in [4.78, 5) is 3.87. The molecule has 0 bridgehead atoms. The summed E-state index contributed by atoms with van der Waals surface area (Å²) in [5.41, 5.74) is 1.49. The maximum Gasteiger partial charge on any atom is 0.0931 e. The summed E-state index contributed by atoms with van der Waals surface area (Å²) < 4.78 is 0.872. The second-order valence-corrected chi connectivity index (χ2v) is 7.38. The molecular weight excluding hydrogens is 300 g/mol. The Hall–Kier alpha value is -0.870. The number of benzene rings is 1. The van der Waals surface area contributed by atoms with Gasteiger partial charge in [-0.1, -0.05) is 41.9 Å². The van der Waals surface area contributed by atoms with Gasteiger partial charge in [-0.05, 0) is 36.6 Å². The maximum atomic E-state index is 5.93. The van der Waals surface area contributed by atoms with Gasteiger partial charge in [-0.2, -0.15) is 0 Å². The third-order valence-corrected chi connectivity index (χ3v) is 5.31. The number of thiophene rings is 1. The van der Waals surface area contributed by atoms with Crippen LogP contribution in [0.4, 0.5) is 0 Å². The SMILES string of the molecule is Clc1ccc(CNCCN2CCC(c3ccccc3)C2)s1. The molecule has 1 fully saturated rings. The summed E-state index contributed by atoms with van der Waals surface area (Å²) in [7, 11) is 0. The van der Waals surface area contributed by atoms with Crippen molar-refractivity contribution < 1.29 is 0 Å². The highest BCUT2D eigenvalue weighted by atomic mass is 35.5. The quantitative estimate of drug-likeness (QED) is 0.810. The molecule has 4 heteroatoms. The molecule has 0 radical (unpaired) electrons. The molecule has 1 aromatic carbocycles. The van der Waals surface area contributed by atoms with E-state index in [4.69, 9.17) is 11.6 Å². The van der Waals surface area contributed by atoms with Crippen LogP contribution in [-0.2, 0) is 6.54 Å². The van der Waals surface area contributed by atoms with E-state index in [1.807, 2.05) is 6.07 Å². The molecule has 0 aliphatic carbocycles. The predicted octanol–water partition coefficient (Wildman–Crippen LogP) is 3.98. The number of nitrogens with zero attached hydrogens (tertiary/aromatic N) is 1. The third-order valence-electron chi connectivity index (χ3n) is 4.08. The third kappa shape index (κ3) is 4.30. The zero-order valence-electron chi connectivity index (χ0n) is 12.1. The van der Waals surface area contributed by atoms with Crippen LogP contribution < -0.4 is 5.32 Å². The van der Waals surface area contributed by atoms with Crippen molar-refractivity contribution in [2.45, 2.75) is 18.9 Å². The number of likely N-dealkylation sites (tertiary alicyclic amines) is 1. The van der Waals surface area contributed by atoms with Crippen LogP contribution in [0.5, 0.6) is 0 Å². The molecule has 21 heavy (non-hydrogen) atoms. The van der Waals surface area contributed by atoms with E-state index in [2.05, 4.69) is 46.6 Å². The maximum absolute atomic E-state index is 5.93. The van der Waals surface area contributed by atoms with Crippen LogP contribution in [0, 0.1) is 0 Å². The lowest BCUT2D eigenvalue weighted by atomic mass is 9.99. The molecule has 2 heterocycles. The lowest BCUT2D eigenvalue weighted by Crippen LogP contribution is -2.30. The largest absolute Gasteiger partial charge is 0.311 e. The van der Waals surface area contributed by atoms with Crippen molar-refractivity contribution in [3.05, 3.63) is 57.2 Å². The van der Waals surface area contributed by atoms with E-state index in [0.29, 0.717) is 5.92 Å². The molecule has 2 nitrogen and oxygen atoms in total. The summed E-state index contributed by atoms with van der Waals surface area (Å²) in [5, 5.41) is 3.51. The van der Waals surface area contributed by atoms with Gasteiger partial charge in [0, 0.05) is 31.1 Å². The molecule has 1 aromatic heterocycles. The first-order chi connectivity index (χ1) is 10.3. The fourth-order valence-electron chi connectivity index (χ4n) is 2.93. The van der Waals surface area contributed by atoms with Crippen LogP contribution in [0.3, 0.4) is 0 Å². The molecule has 0 saturated carbocycles. The Bertz CT molecular complexity index is 555. The average molecular weight is 321 g/mol. The second-order valence-electron chi connectivity index (χ2n) is 5.58. The van der Waals surface area contributed by atoms with Crippen molar-refractivity contribution in [3.63, 3.8) is 0 Å². The molecule has 1 saturated heterocycles. The van der Waals surface area contributed by atoms with Crippen molar-refractivity contribution in [1.29, 1.82) is 0 Å². The van der Waals surface area contributed by atoms with Crippen molar-refractivity contribution in [2.75, 3.05) is 26.2 Å². The van der Waals surface area contributed by atoms with Gasteiger partial charge in [-0.25, -0.2) is 0 Å². The number of nitrogens with one attached hydrogen (secondary N) is 1. The van der Waals surface area contributed by atoms with Gasteiger partial charge in [0.1, 0.15) is 0 Å². The minimum Gasteiger partial charge on any atom is -0.311 e. The van der Waals surface area contributed by atoms with Gasteiger partial charge in [0.25, 0.3) is 0 Å². The lowest BCUT2D eigenvalue weighted by molar-refractivity contribution is 0.331. The standard InChI is InChI=1S/C17H21ClN2S/c18-17-7-6-16(21-17)12-19-9-11-20-10-8-15(13-20)14-4-2-1-3-5-14/h1-7,15,19H,8-13H2. The fraction of sp³-hybridized carbons (Fsp3) is 0.412. The van der Waals surface area contributed by atoms with E-state index in [1.54, 1.807) is 11.3 Å². The monoisotopic (exact) mass is 320 g/mol. The van der Waals surface area contributed by atoms with E-state index >= 15 is 0 Å². The Morgan fingerprint density at radius 1 is 1.19 bits per heavy atom. The van der Waals surface area contributed by atoms with Crippen molar-refractivity contribution >= 4 is 22.9 Å². The average Bonchev–Trinajstić information content (AvgIpc) is 3.14. The number of rotatable bonds is 6. The first-order valence-corrected chi connectivity index (χ1v) is 8.73. The zero-order valence-corrected chi connectivity index (χ0v) is 13.7. The fourth-order valence-corrected chi connectivity index (χ4v) is 3.99. The smallest absolute Gasteiger partial charge is 0.0931 e. The van der Waals surface area contributed by atoms with Crippen LogP contribution >= 0.6 is 22.9 Å². The highest BCUT2D eigenvalue weighted by molar-refractivity contribution is 7.16. The number of hydrogen-bond donors (Lipinski definition) is 1. The van der Waals surface area contributed by atoms with Crippen LogP contribution in [0.1, 0.15) is 22.8 Å². The molecule has 112 valence electrons. The lowest BCUT2D eigenvalue weighted by Gasteiger charge is -2.16. The number of hydrogen-bond acceptors (Lipinski definition) is 3. The van der Waals surface area contributed by atoms with E-state index in [0.717, 1.165) is 24.0 Å². The Morgan fingerprint density at radius 3 is 2.81 bits per heavy atom. The topological polar surface area (TPSA) is 15.3 Å². The molecular formula is C17H21ClN2S. The van der Waals surface area contributed by atoms with Crippen LogP contribution in [-0.4, -0.2) is 31.1 Å². The van der Waals surface area contributed by atoms with Gasteiger partial charge in [-0.15, -0.1) is 11.3 Å². The van der Waals surface area contributed by atoms with Crippen LogP contribution in [0.2, 0.25) is 4.34 Å². The normalized spacial score (nSPS) is 19.2. The van der Waals surface area contributed by atoms with Crippen LogP contribution in [0.25, 0.3) is 0 Å². The first kappa shape index (κ1) is 15.0. The molecule has 0 amide bonds. The van der Waals surface area contributed by atoms with Crippen molar-refractivity contribution in [1.82, 2.24) is 10.2 Å². The molecule has 0 spiro atoms. The highest BCUT2D eigenvalue weighted by Gasteiger charge is 2.22. The summed E-state index contributed by atoms with van der Waals surface area (Å²) in [6, 6.07) is 15.0. The number of halogens is 1. The summed E-state index contributed by atoms with van der Waals surface area (Å²) in [6.45, 7) is 5.50. The summed E-state index contributed by atoms with van der Waals surface area (Å²) in [5.74, 6) is 0.710. The molecule has 2 aromatic rings. The highest BCUT2D eigenvalue weighted by Crippen LogP contribution is 2.26. The summed E-state index contributed by atoms with van der Waals surface area (Å²) in [6.07, 6.45) is 1.28. The van der Waals surface area contributed by atoms with Gasteiger partial charge < -0.3 is 10.2 Å². The second kappa shape index (κ2) is 7.41. The van der Waals surface area contributed by atoms with Gasteiger partial charge in [0.05, 0.1) is 4.34 Å². The molecule has 1 aliphatic heterocycles. The molecule has 3 rings (SSSR count). The molecule has 1 atom stereocenters. The van der Waals surface area contributed by atoms with E-state index in [1.165, 1.54) is 30.0 Å². The summed E-state index contributed by atoms with van der Waals surface area (Å²) >= 11 is 7.59. The van der Waals surface area contributed by atoms with Gasteiger partial charge in [0.15, 0.2) is 0 Å².